The van der Waals surface area contributed by atoms with Crippen LogP contribution in [-0.2, 0) is 10.2 Å². The van der Waals surface area contributed by atoms with E-state index in [-0.39, 0.29) is 23.5 Å². The van der Waals surface area contributed by atoms with Crippen molar-refractivity contribution in [1.29, 1.82) is 0 Å². The van der Waals surface area contributed by atoms with Crippen LogP contribution in [0.25, 0.3) is 0 Å². The second-order valence-electron chi connectivity index (χ2n) is 7.29. The van der Waals surface area contributed by atoms with Gasteiger partial charge in [0.15, 0.2) is 0 Å². The van der Waals surface area contributed by atoms with Crippen molar-refractivity contribution in [2.24, 2.45) is 0 Å². The minimum absolute atomic E-state index is 0.0416. The molecule has 4 rings (SSSR count). The maximum Gasteiger partial charge on any atom is 0.253 e. The average Bonchev–Trinajstić information content (AvgIpc) is 2.92. The Labute approximate surface area is 154 Å². The summed E-state index contributed by atoms with van der Waals surface area (Å²) in [5.41, 5.74) is 3.93. The molecule has 1 amide bonds. The molecule has 5 nitrogen and oxygen atoms in total. The van der Waals surface area contributed by atoms with Gasteiger partial charge in [-0.3, -0.25) is 9.78 Å². The second kappa shape index (κ2) is 6.82. The topological polar surface area (TPSA) is 63.2 Å². The number of nitrogens with one attached hydrogen (secondary N) is 2. The molecule has 2 atom stereocenters. The first-order chi connectivity index (χ1) is 12.7. The molecule has 26 heavy (non-hydrogen) atoms. The second-order valence-corrected chi connectivity index (χ2v) is 7.29. The van der Waals surface area contributed by atoms with E-state index in [1.54, 1.807) is 13.3 Å². The summed E-state index contributed by atoms with van der Waals surface area (Å²) in [4.78, 5) is 17.1. The molecule has 1 aromatic heterocycles. The van der Waals surface area contributed by atoms with Gasteiger partial charge in [0.2, 0.25) is 0 Å². The molecule has 136 valence electrons. The van der Waals surface area contributed by atoms with Crippen LogP contribution in [0.3, 0.4) is 0 Å². The molecular weight excluding hydrogens is 326 g/mol. The molecule has 1 saturated heterocycles. The number of fused-ring (bicyclic) bond motifs is 2. The third-order valence-electron chi connectivity index (χ3n) is 5.89. The number of rotatable bonds is 3. The molecule has 1 aromatic carbocycles. The molecule has 2 aromatic rings. The van der Waals surface area contributed by atoms with Gasteiger partial charge in [0, 0.05) is 24.4 Å². The Bertz CT molecular complexity index is 797. The van der Waals surface area contributed by atoms with Crippen LogP contribution >= 0.6 is 0 Å². The van der Waals surface area contributed by atoms with Gasteiger partial charge in [-0.05, 0) is 56.1 Å². The van der Waals surface area contributed by atoms with Crippen LogP contribution in [0.4, 0.5) is 0 Å². The third-order valence-corrected chi connectivity index (χ3v) is 5.89. The van der Waals surface area contributed by atoms with Crippen molar-refractivity contribution in [2.45, 2.75) is 37.3 Å². The Kier molecular flexibility index (Phi) is 4.51. The quantitative estimate of drug-likeness (QED) is 0.892. The van der Waals surface area contributed by atoms with Crippen LogP contribution in [0, 0.1) is 6.92 Å². The SMILES string of the molecule is CO[C@H]1[C@H](NC(=O)c2ccc(C)nc2)c2ccccc2C12CCNCC2. The van der Waals surface area contributed by atoms with Gasteiger partial charge < -0.3 is 15.4 Å². The minimum Gasteiger partial charge on any atom is -0.378 e. The summed E-state index contributed by atoms with van der Waals surface area (Å²) >= 11 is 0. The number of benzene rings is 1. The number of aryl methyl sites for hydroxylation is 1. The van der Waals surface area contributed by atoms with Crippen LogP contribution in [0.5, 0.6) is 0 Å². The first-order valence-corrected chi connectivity index (χ1v) is 9.22. The molecule has 1 aliphatic heterocycles. The highest BCUT2D eigenvalue weighted by Crippen LogP contribution is 2.51. The number of carbonyl (C=O) groups is 1. The Hall–Kier alpha value is -2.24. The predicted octanol–water partition coefficient (Wildman–Crippen LogP) is 2.51. The molecule has 1 fully saturated rings. The fraction of sp³-hybridized carbons (Fsp3) is 0.429. The maximum absolute atomic E-state index is 12.8. The zero-order chi connectivity index (χ0) is 18.1. The number of methoxy groups -OCH3 is 1. The van der Waals surface area contributed by atoms with E-state index >= 15 is 0 Å². The number of hydrogen-bond donors (Lipinski definition) is 2. The molecule has 1 aliphatic carbocycles. The third kappa shape index (κ3) is 2.72. The van der Waals surface area contributed by atoms with Crippen LogP contribution in [0.15, 0.2) is 42.6 Å². The largest absolute Gasteiger partial charge is 0.378 e. The summed E-state index contributed by atoms with van der Waals surface area (Å²) in [6.45, 7) is 3.85. The van der Waals surface area contributed by atoms with Gasteiger partial charge in [-0.25, -0.2) is 0 Å². The highest BCUT2D eigenvalue weighted by atomic mass is 16.5. The molecular formula is C21H25N3O2. The van der Waals surface area contributed by atoms with E-state index < -0.39 is 0 Å². The molecule has 2 heterocycles. The van der Waals surface area contributed by atoms with Crippen molar-refractivity contribution >= 4 is 5.91 Å². The first-order valence-electron chi connectivity index (χ1n) is 9.22. The van der Waals surface area contributed by atoms with E-state index in [0.29, 0.717) is 5.56 Å². The molecule has 0 bridgehead atoms. The summed E-state index contributed by atoms with van der Waals surface area (Å²) in [6, 6.07) is 12.0. The standard InChI is InChI=1S/C21H25N3O2/c1-14-7-8-15(13-23-14)20(25)24-18-16-5-3-4-6-17(16)21(19(18)26-2)9-11-22-12-10-21/h3-8,13,18-19,22H,9-12H2,1-2H3,(H,24,25)/t18-,19+/m1/s1. The molecule has 0 unspecified atom stereocenters. The lowest BCUT2D eigenvalue weighted by Gasteiger charge is -2.40. The average molecular weight is 351 g/mol. The zero-order valence-corrected chi connectivity index (χ0v) is 15.3. The van der Waals surface area contributed by atoms with Gasteiger partial charge in [-0.1, -0.05) is 24.3 Å². The predicted molar refractivity (Wildman–Crippen MR) is 100 cm³/mol. The molecule has 0 saturated carbocycles. The molecule has 1 spiro atoms. The van der Waals surface area contributed by atoms with Crippen molar-refractivity contribution in [3.63, 3.8) is 0 Å². The van der Waals surface area contributed by atoms with Crippen LogP contribution < -0.4 is 10.6 Å². The van der Waals surface area contributed by atoms with Crippen molar-refractivity contribution in [3.05, 3.63) is 65.0 Å². The number of ether oxygens (including phenoxy) is 1. The molecule has 5 heteroatoms. The lowest BCUT2D eigenvalue weighted by molar-refractivity contribution is 0.00396. The number of pyridine rings is 1. The lowest BCUT2D eigenvalue weighted by Crippen LogP contribution is -2.49. The summed E-state index contributed by atoms with van der Waals surface area (Å²) in [7, 11) is 1.76. The highest BCUT2D eigenvalue weighted by molar-refractivity contribution is 5.94. The van der Waals surface area contributed by atoms with Gasteiger partial charge in [0.25, 0.3) is 5.91 Å². The molecule has 2 N–H and O–H groups in total. The van der Waals surface area contributed by atoms with Crippen molar-refractivity contribution in [1.82, 2.24) is 15.6 Å². The van der Waals surface area contributed by atoms with E-state index in [1.807, 2.05) is 25.1 Å². The summed E-state index contributed by atoms with van der Waals surface area (Å²) in [5.74, 6) is -0.106. The Balaban J connectivity index is 1.69. The monoisotopic (exact) mass is 351 g/mol. The van der Waals surface area contributed by atoms with E-state index in [4.69, 9.17) is 4.74 Å². The van der Waals surface area contributed by atoms with Gasteiger partial charge in [0.1, 0.15) is 0 Å². The first kappa shape index (κ1) is 17.2. The fourth-order valence-electron chi connectivity index (χ4n) is 4.63. The maximum atomic E-state index is 12.8. The summed E-state index contributed by atoms with van der Waals surface area (Å²) in [5, 5.41) is 6.67. The number of carbonyl (C=O) groups excluding carboxylic acids is 1. The summed E-state index contributed by atoms with van der Waals surface area (Å²) in [6.07, 6.45) is 3.60. The van der Waals surface area contributed by atoms with Crippen LogP contribution in [-0.4, -0.2) is 37.2 Å². The zero-order valence-electron chi connectivity index (χ0n) is 15.3. The highest BCUT2D eigenvalue weighted by Gasteiger charge is 2.53. The number of amides is 1. The van der Waals surface area contributed by atoms with E-state index in [1.165, 1.54) is 11.1 Å². The van der Waals surface area contributed by atoms with Gasteiger partial charge in [0.05, 0.1) is 17.7 Å². The Morgan fingerprint density at radius 1 is 1.23 bits per heavy atom. The minimum atomic E-state index is -0.150. The lowest BCUT2D eigenvalue weighted by atomic mass is 9.72. The number of piperidine rings is 1. The smallest absolute Gasteiger partial charge is 0.253 e. The Morgan fingerprint density at radius 2 is 2.00 bits per heavy atom. The number of nitrogens with zero attached hydrogens (tertiary/aromatic N) is 1. The van der Waals surface area contributed by atoms with E-state index in [0.717, 1.165) is 31.6 Å². The van der Waals surface area contributed by atoms with Crippen molar-refractivity contribution < 1.29 is 9.53 Å². The van der Waals surface area contributed by atoms with E-state index in [9.17, 15) is 4.79 Å². The van der Waals surface area contributed by atoms with Gasteiger partial charge in [-0.2, -0.15) is 0 Å². The molecule has 2 aliphatic rings. The summed E-state index contributed by atoms with van der Waals surface area (Å²) < 4.78 is 6.00. The van der Waals surface area contributed by atoms with Crippen LogP contribution in [0.2, 0.25) is 0 Å². The van der Waals surface area contributed by atoms with Crippen LogP contribution in [0.1, 0.15) is 46.1 Å². The number of hydrogen-bond acceptors (Lipinski definition) is 4. The van der Waals surface area contributed by atoms with E-state index in [2.05, 4.69) is 33.8 Å². The van der Waals surface area contributed by atoms with Crippen molar-refractivity contribution in [2.75, 3.05) is 20.2 Å². The fourth-order valence-corrected chi connectivity index (χ4v) is 4.63. The van der Waals surface area contributed by atoms with Gasteiger partial charge >= 0.3 is 0 Å². The van der Waals surface area contributed by atoms with Crippen molar-refractivity contribution in [3.8, 4) is 0 Å². The number of aromatic nitrogens is 1. The Morgan fingerprint density at radius 3 is 2.69 bits per heavy atom. The van der Waals surface area contributed by atoms with Gasteiger partial charge in [-0.15, -0.1) is 0 Å². The molecule has 0 radical (unpaired) electrons. The normalized spacial score (nSPS) is 23.6.